The molecule has 0 spiro atoms. The van der Waals surface area contributed by atoms with Gasteiger partial charge in [-0.3, -0.25) is 9.78 Å². The fourth-order valence-electron chi connectivity index (χ4n) is 3.95. The van der Waals surface area contributed by atoms with Gasteiger partial charge in [0.25, 0.3) is 5.91 Å². The molecule has 0 aliphatic heterocycles. The van der Waals surface area contributed by atoms with Crippen LogP contribution in [0, 0.1) is 13.8 Å². The number of pyridine rings is 1. The molecule has 2 aromatic carbocycles. The van der Waals surface area contributed by atoms with Gasteiger partial charge in [0.2, 0.25) is 0 Å². The molecule has 0 aliphatic carbocycles. The summed E-state index contributed by atoms with van der Waals surface area (Å²) in [6.45, 7) is 4.68. The standard InChI is InChI=1S/C27H27N3O/c1-20-17-25(21(2)30(20)19-24-15-9-10-16-28-24)27(31)29-26(23-13-7-4-8-14-23)18-22-11-5-3-6-12-22/h3-17,26H,18-19H2,1-2H3,(H,29,31). The predicted octanol–water partition coefficient (Wildman–Crippen LogP) is 5.26. The van der Waals surface area contributed by atoms with E-state index in [-0.39, 0.29) is 11.9 Å². The Morgan fingerprint density at radius 2 is 1.61 bits per heavy atom. The average Bonchev–Trinajstić information content (AvgIpc) is 3.09. The van der Waals surface area contributed by atoms with Crippen molar-refractivity contribution in [3.05, 3.63) is 125 Å². The largest absolute Gasteiger partial charge is 0.345 e. The molecule has 1 unspecified atom stereocenters. The number of rotatable bonds is 7. The van der Waals surface area contributed by atoms with Crippen molar-refractivity contribution in [2.75, 3.05) is 0 Å². The fraction of sp³-hybridized carbons (Fsp3) is 0.185. The van der Waals surface area contributed by atoms with Crippen LogP contribution in [0.5, 0.6) is 0 Å². The summed E-state index contributed by atoms with van der Waals surface area (Å²) in [4.78, 5) is 17.7. The van der Waals surface area contributed by atoms with Gasteiger partial charge in [-0.25, -0.2) is 0 Å². The number of benzene rings is 2. The maximum atomic E-state index is 13.3. The zero-order chi connectivity index (χ0) is 21.6. The van der Waals surface area contributed by atoms with E-state index in [0.29, 0.717) is 12.1 Å². The Balaban J connectivity index is 1.58. The van der Waals surface area contributed by atoms with Gasteiger partial charge in [-0.2, -0.15) is 0 Å². The van der Waals surface area contributed by atoms with Crippen molar-refractivity contribution in [3.63, 3.8) is 0 Å². The van der Waals surface area contributed by atoms with E-state index >= 15 is 0 Å². The molecule has 1 atom stereocenters. The number of aromatic nitrogens is 2. The maximum absolute atomic E-state index is 13.3. The van der Waals surface area contributed by atoms with E-state index in [1.807, 2.05) is 74.5 Å². The first-order valence-corrected chi connectivity index (χ1v) is 10.6. The van der Waals surface area contributed by atoms with Crippen LogP contribution in [0.4, 0.5) is 0 Å². The van der Waals surface area contributed by atoms with Gasteiger partial charge in [-0.15, -0.1) is 0 Å². The molecule has 4 heteroatoms. The first-order chi connectivity index (χ1) is 15.1. The van der Waals surface area contributed by atoms with Crippen molar-refractivity contribution >= 4 is 5.91 Å². The third-order valence-electron chi connectivity index (χ3n) is 5.65. The molecule has 0 saturated heterocycles. The molecule has 0 bridgehead atoms. The average molecular weight is 410 g/mol. The Labute approximate surface area is 183 Å². The van der Waals surface area contributed by atoms with Crippen LogP contribution < -0.4 is 5.32 Å². The number of aryl methyl sites for hydroxylation is 1. The van der Waals surface area contributed by atoms with E-state index in [1.165, 1.54) is 5.56 Å². The lowest BCUT2D eigenvalue weighted by Gasteiger charge is -2.20. The lowest BCUT2D eigenvalue weighted by atomic mass is 9.98. The SMILES string of the molecule is Cc1cc(C(=O)NC(Cc2ccccc2)c2ccccc2)c(C)n1Cc1ccccn1. The van der Waals surface area contributed by atoms with Crippen molar-refractivity contribution in [2.24, 2.45) is 0 Å². The van der Waals surface area contributed by atoms with Crippen LogP contribution in [0.15, 0.2) is 91.1 Å². The minimum atomic E-state index is -0.102. The molecule has 4 aromatic rings. The second-order valence-corrected chi connectivity index (χ2v) is 7.82. The van der Waals surface area contributed by atoms with E-state index in [9.17, 15) is 4.79 Å². The third-order valence-corrected chi connectivity index (χ3v) is 5.65. The summed E-state index contributed by atoms with van der Waals surface area (Å²) in [5, 5.41) is 3.28. The minimum absolute atomic E-state index is 0.0508. The maximum Gasteiger partial charge on any atom is 0.253 e. The third kappa shape index (κ3) is 4.92. The van der Waals surface area contributed by atoms with E-state index in [2.05, 4.69) is 39.1 Å². The Morgan fingerprint density at radius 3 is 2.29 bits per heavy atom. The van der Waals surface area contributed by atoms with E-state index in [1.54, 1.807) is 6.20 Å². The smallest absolute Gasteiger partial charge is 0.253 e. The van der Waals surface area contributed by atoms with Crippen LogP contribution >= 0.6 is 0 Å². The van der Waals surface area contributed by atoms with Crippen LogP contribution in [0.3, 0.4) is 0 Å². The van der Waals surface area contributed by atoms with Crippen molar-refractivity contribution < 1.29 is 4.79 Å². The molecule has 156 valence electrons. The van der Waals surface area contributed by atoms with Gasteiger partial charge in [0, 0.05) is 17.6 Å². The second kappa shape index (κ2) is 9.43. The fourth-order valence-corrected chi connectivity index (χ4v) is 3.95. The zero-order valence-electron chi connectivity index (χ0n) is 18.0. The number of carbonyl (C=O) groups excluding carboxylic acids is 1. The summed E-state index contributed by atoms with van der Waals surface area (Å²) in [6, 6.07) is 28.2. The summed E-state index contributed by atoms with van der Waals surface area (Å²) in [5.41, 5.74) is 5.98. The highest BCUT2D eigenvalue weighted by atomic mass is 16.1. The number of amides is 1. The molecular formula is C27H27N3O. The van der Waals surface area contributed by atoms with Crippen LogP contribution in [-0.2, 0) is 13.0 Å². The van der Waals surface area contributed by atoms with Crippen LogP contribution in [0.1, 0.15) is 44.6 Å². The van der Waals surface area contributed by atoms with Crippen LogP contribution in [0.25, 0.3) is 0 Å². The molecule has 31 heavy (non-hydrogen) atoms. The van der Waals surface area contributed by atoms with Crippen molar-refractivity contribution in [1.29, 1.82) is 0 Å². The van der Waals surface area contributed by atoms with Gasteiger partial charge in [0.15, 0.2) is 0 Å². The topological polar surface area (TPSA) is 46.9 Å². The molecular weight excluding hydrogens is 382 g/mol. The Kier molecular flexibility index (Phi) is 6.27. The van der Waals surface area contributed by atoms with Gasteiger partial charge >= 0.3 is 0 Å². The summed E-state index contributed by atoms with van der Waals surface area (Å²) >= 11 is 0. The monoisotopic (exact) mass is 409 g/mol. The van der Waals surface area contributed by atoms with Crippen LogP contribution in [-0.4, -0.2) is 15.5 Å². The summed E-state index contributed by atoms with van der Waals surface area (Å²) in [7, 11) is 0. The number of carbonyl (C=O) groups is 1. The number of hydrogen-bond donors (Lipinski definition) is 1. The number of hydrogen-bond acceptors (Lipinski definition) is 2. The number of nitrogens with zero attached hydrogens (tertiary/aromatic N) is 2. The van der Waals surface area contributed by atoms with Gasteiger partial charge < -0.3 is 9.88 Å². The molecule has 1 N–H and O–H groups in total. The number of nitrogens with one attached hydrogen (secondary N) is 1. The molecule has 4 rings (SSSR count). The Morgan fingerprint density at radius 1 is 0.935 bits per heavy atom. The first-order valence-electron chi connectivity index (χ1n) is 10.6. The highest BCUT2D eigenvalue weighted by Gasteiger charge is 2.20. The predicted molar refractivity (Wildman–Crippen MR) is 124 cm³/mol. The van der Waals surface area contributed by atoms with Crippen molar-refractivity contribution in [1.82, 2.24) is 14.9 Å². The molecule has 0 fully saturated rings. The Hall–Kier alpha value is -3.66. The molecule has 0 radical (unpaired) electrons. The van der Waals surface area contributed by atoms with Crippen molar-refractivity contribution in [2.45, 2.75) is 32.9 Å². The van der Waals surface area contributed by atoms with E-state index in [4.69, 9.17) is 0 Å². The van der Waals surface area contributed by atoms with Crippen molar-refractivity contribution in [3.8, 4) is 0 Å². The van der Waals surface area contributed by atoms with E-state index < -0.39 is 0 Å². The van der Waals surface area contributed by atoms with Gasteiger partial charge in [-0.05, 0) is 49.6 Å². The summed E-state index contributed by atoms with van der Waals surface area (Å²) in [6.07, 6.45) is 2.54. The summed E-state index contributed by atoms with van der Waals surface area (Å²) < 4.78 is 2.14. The molecule has 0 saturated carbocycles. The lowest BCUT2D eigenvalue weighted by molar-refractivity contribution is 0.0935. The first kappa shape index (κ1) is 20.6. The highest BCUT2D eigenvalue weighted by molar-refractivity contribution is 5.96. The summed E-state index contributed by atoms with van der Waals surface area (Å²) in [5.74, 6) is -0.0508. The molecule has 4 nitrogen and oxygen atoms in total. The molecule has 2 heterocycles. The Bertz CT molecular complexity index is 1140. The zero-order valence-corrected chi connectivity index (χ0v) is 18.0. The normalized spacial score (nSPS) is 11.8. The van der Waals surface area contributed by atoms with Gasteiger partial charge in [0.05, 0.1) is 23.8 Å². The lowest BCUT2D eigenvalue weighted by Crippen LogP contribution is -2.30. The highest BCUT2D eigenvalue weighted by Crippen LogP contribution is 2.22. The van der Waals surface area contributed by atoms with Crippen LogP contribution in [0.2, 0.25) is 0 Å². The quantitative estimate of drug-likeness (QED) is 0.452. The minimum Gasteiger partial charge on any atom is -0.345 e. The van der Waals surface area contributed by atoms with Gasteiger partial charge in [0.1, 0.15) is 0 Å². The van der Waals surface area contributed by atoms with E-state index in [0.717, 1.165) is 29.1 Å². The second-order valence-electron chi connectivity index (χ2n) is 7.82. The van der Waals surface area contributed by atoms with Gasteiger partial charge in [-0.1, -0.05) is 66.7 Å². The molecule has 2 aromatic heterocycles. The molecule has 0 aliphatic rings. The molecule has 1 amide bonds.